The van der Waals surface area contributed by atoms with Crippen LogP contribution in [0.4, 0.5) is 0 Å². The average molecular weight is 483 g/mol. The number of aromatic nitrogens is 4. The van der Waals surface area contributed by atoms with E-state index in [2.05, 4.69) is 15.0 Å². The molecule has 7 nitrogen and oxygen atoms in total. The zero-order valence-electron chi connectivity index (χ0n) is 17.5. The Kier molecular flexibility index (Phi) is 6.28. The molecule has 2 atom stereocenters. The van der Waals surface area contributed by atoms with Gasteiger partial charge in [0.25, 0.3) is 0 Å². The zero-order valence-corrected chi connectivity index (χ0v) is 19.0. The molecule has 0 aliphatic carbocycles. The van der Waals surface area contributed by atoms with Crippen LogP contribution in [0.5, 0.6) is 5.75 Å². The number of imidazole rings is 1. The molecule has 1 aliphatic rings. The molecule has 0 spiro atoms. The largest absolute Gasteiger partial charge is 0.491 e. The van der Waals surface area contributed by atoms with Crippen molar-refractivity contribution < 1.29 is 14.2 Å². The highest BCUT2D eigenvalue weighted by molar-refractivity contribution is 6.35. The van der Waals surface area contributed by atoms with Gasteiger partial charge in [-0.1, -0.05) is 29.3 Å². The second-order valence-electron chi connectivity index (χ2n) is 7.59. The number of hydrogen-bond donors (Lipinski definition) is 0. The minimum atomic E-state index is -1.08. The summed E-state index contributed by atoms with van der Waals surface area (Å²) in [5, 5.41) is 1.02. The van der Waals surface area contributed by atoms with Crippen LogP contribution >= 0.6 is 23.2 Å². The van der Waals surface area contributed by atoms with Gasteiger partial charge in [-0.3, -0.25) is 0 Å². The van der Waals surface area contributed by atoms with Crippen LogP contribution in [0.25, 0.3) is 11.3 Å². The van der Waals surface area contributed by atoms with Crippen molar-refractivity contribution in [2.75, 3.05) is 13.2 Å². The van der Waals surface area contributed by atoms with E-state index in [0.29, 0.717) is 35.4 Å². The molecule has 0 saturated carbocycles. The first kappa shape index (κ1) is 21.9. The van der Waals surface area contributed by atoms with Gasteiger partial charge in [0.1, 0.15) is 24.8 Å². The summed E-state index contributed by atoms with van der Waals surface area (Å²) in [7, 11) is 0. The molecule has 9 heteroatoms. The van der Waals surface area contributed by atoms with Gasteiger partial charge in [-0.05, 0) is 42.5 Å². The summed E-state index contributed by atoms with van der Waals surface area (Å²) in [6, 6.07) is 14.9. The highest BCUT2D eigenvalue weighted by atomic mass is 35.5. The number of halogens is 2. The molecule has 1 saturated heterocycles. The Morgan fingerprint density at radius 1 is 1.06 bits per heavy atom. The van der Waals surface area contributed by atoms with Crippen LogP contribution < -0.4 is 4.74 Å². The fraction of sp³-hybridized carbons (Fsp3) is 0.208. The van der Waals surface area contributed by atoms with Crippen LogP contribution in [0.2, 0.25) is 10.0 Å². The number of benzene rings is 2. The Morgan fingerprint density at radius 3 is 2.67 bits per heavy atom. The second kappa shape index (κ2) is 9.49. The topological polar surface area (TPSA) is 71.3 Å². The van der Waals surface area contributed by atoms with E-state index in [4.69, 9.17) is 37.4 Å². The SMILES string of the molecule is Clc1ccc([C@]2(Cn3ccnc3)OC[C@H](COc3ccc(-c4ccncn4)cc3)O2)c(Cl)c1. The minimum Gasteiger partial charge on any atom is -0.491 e. The van der Waals surface area contributed by atoms with Crippen molar-refractivity contribution in [1.29, 1.82) is 0 Å². The highest BCUT2D eigenvalue weighted by Crippen LogP contribution is 2.40. The maximum atomic E-state index is 6.52. The molecule has 3 heterocycles. The third-order valence-corrected chi connectivity index (χ3v) is 5.87. The summed E-state index contributed by atoms with van der Waals surface area (Å²) in [6.07, 6.45) is 8.22. The lowest BCUT2D eigenvalue weighted by atomic mass is 10.1. The van der Waals surface area contributed by atoms with Gasteiger partial charge < -0.3 is 18.8 Å². The van der Waals surface area contributed by atoms with Crippen LogP contribution in [-0.2, 0) is 21.8 Å². The average Bonchev–Trinajstić information content (AvgIpc) is 3.49. The van der Waals surface area contributed by atoms with Crippen molar-refractivity contribution in [2.24, 2.45) is 0 Å². The minimum absolute atomic E-state index is 0.290. The van der Waals surface area contributed by atoms with Gasteiger partial charge in [0, 0.05) is 34.7 Å². The molecule has 0 N–H and O–H groups in total. The lowest BCUT2D eigenvalue weighted by Crippen LogP contribution is -2.34. The molecule has 4 aromatic rings. The fourth-order valence-corrected chi connectivity index (χ4v) is 4.30. The molecule has 168 valence electrons. The maximum Gasteiger partial charge on any atom is 0.215 e. The summed E-state index contributed by atoms with van der Waals surface area (Å²) < 4.78 is 20.5. The smallest absolute Gasteiger partial charge is 0.215 e. The first-order valence-electron chi connectivity index (χ1n) is 10.3. The van der Waals surface area contributed by atoms with Gasteiger partial charge >= 0.3 is 0 Å². The third kappa shape index (κ3) is 4.86. The molecule has 1 fully saturated rings. The van der Waals surface area contributed by atoms with E-state index < -0.39 is 5.79 Å². The predicted octanol–water partition coefficient (Wildman–Crippen LogP) is 4.99. The Bertz CT molecular complexity index is 1210. The number of hydrogen-bond acceptors (Lipinski definition) is 6. The van der Waals surface area contributed by atoms with E-state index in [1.807, 2.05) is 47.2 Å². The van der Waals surface area contributed by atoms with Crippen molar-refractivity contribution >= 4 is 23.2 Å². The van der Waals surface area contributed by atoms with Crippen molar-refractivity contribution in [3.8, 4) is 17.0 Å². The van der Waals surface area contributed by atoms with Crippen molar-refractivity contribution in [3.63, 3.8) is 0 Å². The van der Waals surface area contributed by atoms with E-state index in [9.17, 15) is 0 Å². The van der Waals surface area contributed by atoms with Crippen molar-refractivity contribution in [3.05, 3.63) is 95.4 Å². The highest BCUT2D eigenvalue weighted by Gasteiger charge is 2.45. The molecule has 2 aromatic heterocycles. The molecular weight excluding hydrogens is 463 g/mol. The number of nitrogens with zero attached hydrogens (tertiary/aromatic N) is 4. The standard InChI is InChI=1S/C24H20Cl2N4O3/c25-18-3-6-21(22(26)11-18)24(14-30-10-9-28-16-30)32-13-20(33-24)12-31-19-4-1-17(2-5-19)23-7-8-27-15-29-23/h1-11,15-16,20H,12-14H2/t20-,24+/m0/s1. The van der Waals surface area contributed by atoms with Crippen LogP contribution in [0, 0.1) is 0 Å². The fourth-order valence-electron chi connectivity index (χ4n) is 3.75. The Balaban J connectivity index is 1.29. The normalized spacial score (nSPS) is 20.1. The van der Waals surface area contributed by atoms with Gasteiger partial charge in [0.05, 0.1) is 30.2 Å². The van der Waals surface area contributed by atoms with Gasteiger partial charge in [0.2, 0.25) is 5.79 Å². The molecule has 1 aliphatic heterocycles. The number of ether oxygens (including phenoxy) is 3. The summed E-state index contributed by atoms with van der Waals surface area (Å²) in [4.78, 5) is 12.3. The van der Waals surface area contributed by atoms with Gasteiger partial charge in [-0.25, -0.2) is 15.0 Å². The Labute approximate surface area is 200 Å². The Morgan fingerprint density at radius 2 is 1.94 bits per heavy atom. The van der Waals surface area contributed by atoms with Gasteiger partial charge in [-0.2, -0.15) is 0 Å². The third-order valence-electron chi connectivity index (χ3n) is 5.32. The quantitative estimate of drug-likeness (QED) is 0.369. The molecule has 5 rings (SSSR count). The van der Waals surface area contributed by atoms with Gasteiger partial charge in [0.15, 0.2) is 0 Å². The van der Waals surface area contributed by atoms with E-state index in [-0.39, 0.29) is 6.10 Å². The van der Waals surface area contributed by atoms with Crippen molar-refractivity contribution in [1.82, 2.24) is 19.5 Å². The predicted molar refractivity (Wildman–Crippen MR) is 124 cm³/mol. The molecule has 0 amide bonds. The maximum absolute atomic E-state index is 6.52. The lowest BCUT2D eigenvalue weighted by molar-refractivity contribution is -0.189. The van der Waals surface area contributed by atoms with E-state index in [1.54, 1.807) is 30.9 Å². The molecule has 33 heavy (non-hydrogen) atoms. The lowest BCUT2D eigenvalue weighted by Gasteiger charge is -2.30. The monoisotopic (exact) mass is 482 g/mol. The van der Waals surface area contributed by atoms with E-state index in [0.717, 1.165) is 17.0 Å². The van der Waals surface area contributed by atoms with Crippen LogP contribution in [-0.4, -0.2) is 38.8 Å². The van der Waals surface area contributed by atoms with Crippen molar-refractivity contribution in [2.45, 2.75) is 18.4 Å². The first-order chi connectivity index (χ1) is 16.1. The molecule has 0 bridgehead atoms. The Hall–Kier alpha value is -2.97. The second-order valence-corrected chi connectivity index (χ2v) is 8.44. The zero-order chi connectivity index (χ0) is 22.7. The van der Waals surface area contributed by atoms with E-state index in [1.165, 1.54) is 6.33 Å². The molecular formula is C24H20Cl2N4O3. The summed E-state index contributed by atoms with van der Waals surface area (Å²) in [6.45, 7) is 1.06. The summed E-state index contributed by atoms with van der Waals surface area (Å²) >= 11 is 12.6. The number of rotatable bonds is 7. The molecule has 0 radical (unpaired) electrons. The van der Waals surface area contributed by atoms with Crippen LogP contribution in [0.1, 0.15) is 5.56 Å². The van der Waals surface area contributed by atoms with E-state index >= 15 is 0 Å². The first-order valence-corrected chi connectivity index (χ1v) is 11.1. The van der Waals surface area contributed by atoms with Gasteiger partial charge in [-0.15, -0.1) is 0 Å². The van der Waals surface area contributed by atoms with Crippen LogP contribution in [0.15, 0.2) is 79.8 Å². The summed E-state index contributed by atoms with van der Waals surface area (Å²) in [5.74, 6) is -0.346. The molecule has 2 aromatic carbocycles. The molecule has 0 unspecified atom stereocenters. The van der Waals surface area contributed by atoms with Crippen LogP contribution in [0.3, 0.4) is 0 Å². The summed E-state index contributed by atoms with van der Waals surface area (Å²) in [5.41, 5.74) is 2.55.